The van der Waals surface area contributed by atoms with Crippen LogP contribution in [0.15, 0.2) is 42.5 Å². The van der Waals surface area contributed by atoms with E-state index in [0.717, 1.165) is 12.1 Å². The van der Waals surface area contributed by atoms with Crippen molar-refractivity contribution in [3.63, 3.8) is 0 Å². The maximum absolute atomic E-state index is 12.7. The van der Waals surface area contributed by atoms with E-state index in [-0.39, 0.29) is 24.0 Å². The molecule has 0 aliphatic carbocycles. The molecule has 3 rings (SSSR count). The van der Waals surface area contributed by atoms with Gasteiger partial charge in [-0.05, 0) is 42.8 Å². The molecule has 1 aliphatic rings. The van der Waals surface area contributed by atoms with Crippen molar-refractivity contribution < 1.29 is 32.2 Å². The number of carbonyl (C=O) groups is 2. The average molecular weight is 408 g/mol. The summed E-state index contributed by atoms with van der Waals surface area (Å²) in [6, 6.07) is 8.93. The number of rotatable bonds is 5. The van der Waals surface area contributed by atoms with E-state index in [0.29, 0.717) is 30.2 Å². The Morgan fingerprint density at radius 1 is 1.14 bits per heavy atom. The third-order valence-electron chi connectivity index (χ3n) is 4.46. The lowest BCUT2D eigenvalue weighted by Gasteiger charge is -2.22. The van der Waals surface area contributed by atoms with Gasteiger partial charge in [-0.25, -0.2) is 0 Å². The van der Waals surface area contributed by atoms with E-state index in [2.05, 4.69) is 10.6 Å². The second kappa shape index (κ2) is 8.42. The van der Waals surface area contributed by atoms with E-state index < -0.39 is 17.7 Å². The Hall–Kier alpha value is -3.23. The fourth-order valence-electron chi connectivity index (χ4n) is 2.94. The fourth-order valence-corrected chi connectivity index (χ4v) is 2.94. The molecule has 1 aliphatic heterocycles. The van der Waals surface area contributed by atoms with E-state index in [9.17, 15) is 22.8 Å². The van der Waals surface area contributed by atoms with Gasteiger partial charge in [-0.2, -0.15) is 13.2 Å². The topological polar surface area (TPSA) is 76.7 Å². The molecule has 2 amide bonds. The molecule has 6 nitrogen and oxygen atoms in total. The number of amides is 2. The van der Waals surface area contributed by atoms with Crippen molar-refractivity contribution in [2.75, 3.05) is 19.0 Å². The molecule has 1 saturated heterocycles. The van der Waals surface area contributed by atoms with E-state index in [1.807, 2.05) is 0 Å². The van der Waals surface area contributed by atoms with Crippen molar-refractivity contribution in [3.8, 4) is 17.2 Å². The van der Waals surface area contributed by atoms with Gasteiger partial charge in [0.2, 0.25) is 11.8 Å². The Morgan fingerprint density at radius 3 is 2.45 bits per heavy atom. The highest BCUT2D eigenvalue weighted by molar-refractivity contribution is 5.97. The Balaban J connectivity index is 1.74. The molecule has 2 N–H and O–H groups in total. The lowest BCUT2D eigenvalue weighted by atomic mass is 9.96. The predicted molar refractivity (Wildman–Crippen MR) is 98.9 cm³/mol. The Morgan fingerprint density at radius 2 is 1.83 bits per heavy atom. The quantitative estimate of drug-likeness (QED) is 0.785. The second-order valence-electron chi connectivity index (χ2n) is 6.52. The van der Waals surface area contributed by atoms with Crippen molar-refractivity contribution in [3.05, 3.63) is 48.0 Å². The van der Waals surface area contributed by atoms with Crippen LogP contribution in [0.4, 0.5) is 18.9 Å². The smallest absolute Gasteiger partial charge is 0.416 e. The molecule has 0 spiro atoms. The maximum Gasteiger partial charge on any atom is 0.416 e. The maximum atomic E-state index is 12.7. The van der Waals surface area contributed by atoms with Crippen LogP contribution in [0, 0.1) is 5.92 Å². The molecule has 1 heterocycles. The largest absolute Gasteiger partial charge is 0.495 e. The minimum atomic E-state index is -4.42. The van der Waals surface area contributed by atoms with Crippen molar-refractivity contribution in [2.45, 2.75) is 19.0 Å². The molecule has 9 heteroatoms. The van der Waals surface area contributed by atoms with Crippen molar-refractivity contribution >= 4 is 17.5 Å². The van der Waals surface area contributed by atoms with Gasteiger partial charge in [-0.1, -0.05) is 0 Å². The summed E-state index contributed by atoms with van der Waals surface area (Å²) in [7, 11) is 1.44. The Bertz CT molecular complexity index is 898. The summed E-state index contributed by atoms with van der Waals surface area (Å²) in [5.74, 6) is -0.0365. The molecule has 0 aromatic heterocycles. The van der Waals surface area contributed by atoms with Crippen LogP contribution in [0.25, 0.3) is 0 Å². The van der Waals surface area contributed by atoms with Crippen LogP contribution in [-0.4, -0.2) is 25.5 Å². The van der Waals surface area contributed by atoms with Gasteiger partial charge in [0.1, 0.15) is 17.2 Å². The van der Waals surface area contributed by atoms with Gasteiger partial charge in [0.05, 0.1) is 18.4 Å². The summed E-state index contributed by atoms with van der Waals surface area (Å²) in [5, 5.41) is 5.40. The van der Waals surface area contributed by atoms with Gasteiger partial charge in [0, 0.05) is 24.9 Å². The highest BCUT2D eigenvalue weighted by Crippen LogP contribution is 2.34. The molecule has 1 fully saturated rings. The summed E-state index contributed by atoms with van der Waals surface area (Å²) < 4.78 is 48.8. The first-order valence-corrected chi connectivity index (χ1v) is 8.87. The Kier molecular flexibility index (Phi) is 5.95. The molecular formula is C20H19F3N2O4. The molecule has 1 atom stereocenters. The van der Waals surface area contributed by atoms with Crippen LogP contribution in [0.2, 0.25) is 0 Å². The summed E-state index contributed by atoms with van der Waals surface area (Å²) in [6.07, 6.45) is -3.79. The summed E-state index contributed by atoms with van der Waals surface area (Å²) >= 11 is 0. The third kappa shape index (κ3) is 5.18. The predicted octanol–water partition coefficient (Wildman–Crippen LogP) is 3.97. The third-order valence-corrected chi connectivity index (χ3v) is 4.46. The number of hydrogen-bond donors (Lipinski definition) is 2. The van der Waals surface area contributed by atoms with Crippen LogP contribution in [0.1, 0.15) is 18.4 Å². The number of methoxy groups -OCH3 is 1. The van der Waals surface area contributed by atoms with Crippen LogP contribution < -0.4 is 20.1 Å². The fraction of sp³-hybridized carbons (Fsp3) is 0.300. The van der Waals surface area contributed by atoms with E-state index in [4.69, 9.17) is 9.47 Å². The molecule has 0 bridgehead atoms. The van der Waals surface area contributed by atoms with Gasteiger partial charge < -0.3 is 20.1 Å². The number of piperidine rings is 1. The van der Waals surface area contributed by atoms with Crippen molar-refractivity contribution in [1.82, 2.24) is 5.32 Å². The standard InChI is InChI=1S/C20H19F3N2O4/c1-28-17-7-6-15(29-14-4-2-13(3-5-14)20(21,22)23)11-16(17)25-19(27)12-8-9-24-18(26)10-12/h2-7,11-12H,8-10H2,1H3,(H,24,26)(H,25,27). The summed E-state index contributed by atoms with van der Waals surface area (Å²) in [6.45, 7) is 0.436. The van der Waals surface area contributed by atoms with Crippen molar-refractivity contribution in [2.24, 2.45) is 5.92 Å². The molecule has 0 radical (unpaired) electrons. The van der Waals surface area contributed by atoms with E-state index in [1.165, 1.54) is 25.3 Å². The lowest BCUT2D eigenvalue weighted by molar-refractivity contribution is -0.137. The molecule has 2 aromatic rings. The van der Waals surface area contributed by atoms with Crippen LogP contribution in [-0.2, 0) is 15.8 Å². The summed E-state index contributed by atoms with van der Waals surface area (Å²) in [4.78, 5) is 24.0. The number of anilines is 1. The van der Waals surface area contributed by atoms with Gasteiger partial charge in [0.15, 0.2) is 0 Å². The first-order valence-electron chi connectivity index (χ1n) is 8.87. The van der Waals surface area contributed by atoms with Gasteiger partial charge in [0.25, 0.3) is 0 Å². The second-order valence-corrected chi connectivity index (χ2v) is 6.52. The average Bonchev–Trinajstić information content (AvgIpc) is 2.68. The molecule has 2 aromatic carbocycles. The number of alkyl halides is 3. The number of benzene rings is 2. The van der Waals surface area contributed by atoms with Crippen molar-refractivity contribution in [1.29, 1.82) is 0 Å². The number of ether oxygens (including phenoxy) is 2. The number of halogens is 3. The SMILES string of the molecule is COc1ccc(Oc2ccc(C(F)(F)F)cc2)cc1NC(=O)C1CCNC(=O)C1. The van der Waals surface area contributed by atoms with Crippen LogP contribution in [0.3, 0.4) is 0 Å². The highest BCUT2D eigenvalue weighted by Gasteiger charge is 2.30. The number of nitrogens with one attached hydrogen (secondary N) is 2. The monoisotopic (exact) mass is 408 g/mol. The molecule has 29 heavy (non-hydrogen) atoms. The van der Waals surface area contributed by atoms with E-state index >= 15 is 0 Å². The highest BCUT2D eigenvalue weighted by atomic mass is 19.4. The molecule has 154 valence electrons. The zero-order valence-electron chi connectivity index (χ0n) is 15.5. The van der Waals surface area contributed by atoms with Crippen LogP contribution in [0.5, 0.6) is 17.2 Å². The minimum Gasteiger partial charge on any atom is -0.495 e. The summed E-state index contributed by atoms with van der Waals surface area (Å²) in [5.41, 5.74) is -0.433. The van der Waals surface area contributed by atoms with Gasteiger partial charge >= 0.3 is 6.18 Å². The van der Waals surface area contributed by atoms with Gasteiger partial charge in [-0.3, -0.25) is 9.59 Å². The number of carbonyl (C=O) groups excluding carboxylic acids is 2. The molecule has 1 unspecified atom stereocenters. The zero-order valence-corrected chi connectivity index (χ0v) is 15.5. The zero-order chi connectivity index (χ0) is 21.0. The van der Waals surface area contributed by atoms with E-state index in [1.54, 1.807) is 12.1 Å². The Labute approximate surface area is 165 Å². The first-order chi connectivity index (χ1) is 13.8. The van der Waals surface area contributed by atoms with Gasteiger partial charge in [-0.15, -0.1) is 0 Å². The van der Waals surface area contributed by atoms with Crippen LogP contribution >= 0.6 is 0 Å². The lowest BCUT2D eigenvalue weighted by Crippen LogP contribution is -2.38. The first kappa shape index (κ1) is 20.5. The minimum absolute atomic E-state index is 0.107. The molecular weight excluding hydrogens is 389 g/mol. The number of hydrogen-bond acceptors (Lipinski definition) is 4. The molecule has 0 saturated carbocycles. The normalized spacial score (nSPS) is 16.7.